The molecule has 4 aromatic carbocycles. The topological polar surface area (TPSA) is 86.8 Å². The number of rotatable bonds is 11. The average Bonchev–Trinajstić information content (AvgIpc) is 2.99. The minimum Gasteiger partial charge on any atom is -0.350 e. The molecule has 0 aliphatic carbocycles. The van der Waals surface area contributed by atoms with Crippen molar-refractivity contribution in [3.8, 4) is 0 Å². The van der Waals surface area contributed by atoms with Crippen molar-refractivity contribution < 1.29 is 22.4 Å². The van der Waals surface area contributed by atoms with E-state index in [2.05, 4.69) is 5.32 Å². The first-order valence-electron chi connectivity index (χ1n) is 14.0. The molecule has 9 heteroatoms. The minimum atomic E-state index is -4.16. The molecule has 0 heterocycles. The quantitative estimate of drug-likeness (QED) is 0.243. The molecule has 0 saturated carbocycles. The first-order chi connectivity index (χ1) is 20.4. The van der Waals surface area contributed by atoms with Crippen molar-refractivity contribution in [3.63, 3.8) is 0 Å². The zero-order valence-electron chi connectivity index (χ0n) is 24.5. The maximum atomic E-state index is 14.3. The fourth-order valence-corrected chi connectivity index (χ4v) is 6.07. The Labute approximate surface area is 253 Å². The number of carbonyl (C=O) groups excluding carboxylic acids is 2. The van der Waals surface area contributed by atoms with E-state index < -0.39 is 39.9 Å². The number of anilines is 1. The molecule has 0 spiro atoms. The van der Waals surface area contributed by atoms with Gasteiger partial charge in [-0.1, -0.05) is 78.9 Å². The Kier molecular flexibility index (Phi) is 9.98. The van der Waals surface area contributed by atoms with E-state index in [0.717, 1.165) is 9.87 Å². The number of sulfonamides is 1. The van der Waals surface area contributed by atoms with Crippen LogP contribution in [0, 0.1) is 5.82 Å². The first-order valence-corrected chi connectivity index (χ1v) is 15.4. The number of benzene rings is 4. The van der Waals surface area contributed by atoms with Gasteiger partial charge in [0.25, 0.3) is 10.0 Å². The number of hydrogen-bond donors (Lipinski definition) is 1. The highest BCUT2D eigenvalue weighted by atomic mass is 32.2. The van der Waals surface area contributed by atoms with Crippen molar-refractivity contribution in [2.45, 2.75) is 50.2 Å². The summed E-state index contributed by atoms with van der Waals surface area (Å²) in [5, 5.41) is 2.99. The fraction of sp³-hybridized carbons (Fsp3) is 0.235. The summed E-state index contributed by atoms with van der Waals surface area (Å²) in [5.74, 6) is -1.40. The molecule has 0 aromatic heterocycles. The molecule has 224 valence electrons. The van der Waals surface area contributed by atoms with Gasteiger partial charge in [0, 0.05) is 18.5 Å². The van der Waals surface area contributed by atoms with Gasteiger partial charge in [-0.05, 0) is 68.3 Å². The summed E-state index contributed by atoms with van der Waals surface area (Å²) in [6, 6.07) is 30.3. The summed E-state index contributed by atoms with van der Waals surface area (Å²) >= 11 is 0. The van der Waals surface area contributed by atoms with Crippen LogP contribution in [0.2, 0.25) is 0 Å². The van der Waals surface area contributed by atoms with Crippen LogP contribution in [-0.2, 0) is 32.6 Å². The van der Waals surface area contributed by atoms with Crippen LogP contribution in [0.4, 0.5) is 10.1 Å². The van der Waals surface area contributed by atoms with Gasteiger partial charge < -0.3 is 10.2 Å². The van der Waals surface area contributed by atoms with E-state index in [0.29, 0.717) is 11.3 Å². The minimum absolute atomic E-state index is 0.0306. The number of halogens is 1. The van der Waals surface area contributed by atoms with Crippen LogP contribution in [0.5, 0.6) is 0 Å². The molecule has 0 saturated heterocycles. The number of carbonyl (C=O) groups is 2. The highest BCUT2D eigenvalue weighted by molar-refractivity contribution is 7.92. The molecular formula is C34H36FN3O4S. The molecule has 4 aromatic rings. The third kappa shape index (κ3) is 8.51. The predicted molar refractivity (Wildman–Crippen MR) is 166 cm³/mol. The monoisotopic (exact) mass is 601 g/mol. The molecule has 0 aliphatic heterocycles. The van der Waals surface area contributed by atoms with E-state index in [9.17, 15) is 22.4 Å². The number of para-hydroxylation sites is 1. The van der Waals surface area contributed by atoms with Crippen molar-refractivity contribution in [1.82, 2.24) is 10.2 Å². The maximum Gasteiger partial charge on any atom is 0.264 e. The van der Waals surface area contributed by atoms with Gasteiger partial charge in [-0.15, -0.1) is 0 Å². The predicted octanol–water partition coefficient (Wildman–Crippen LogP) is 5.58. The van der Waals surface area contributed by atoms with Crippen molar-refractivity contribution in [1.29, 1.82) is 0 Å². The lowest BCUT2D eigenvalue weighted by Gasteiger charge is -2.35. The van der Waals surface area contributed by atoms with Gasteiger partial charge in [0.1, 0.15) is 18.4 Å². The summed E-state index contributed by atoms with van der Waals surface area (Å²) in [7, 11) is -4.16. The zero-order chi connectivity index (χ0) is 31.0. The Bertz CT molecular complexity index is 1610. The Morgan fingerprint density at radius 2 is 1.30 bits per heavy atom. The molecule has 7 nitrogen and oxygen atoms in total. The Morgan fingerprint density at radius 1 is 0.767 bits per heavy atom. The lowest BCUT2D eigenvalue weighted by atomic mass is 10.0. The standard InChI is InChI=1S/C34H36FN3O4S/c1-34(2,3)36-33(40)31(23-26-13-7-4-8-14-26)37(24-27-19-21-28(35)22-20-27)32(39)25-38(29-15-9-5-10-16-29)43(41,42)30-17-11-6-12-18-30/h4-22,31H,23-25H2,1-3H3,(H,36,40)/t31-/m0/s1. The highest BCUT2D eigenvalue weighted by Gasteiger charge is 2.35. The molecule has 2 amide bonds. The molecule has 0 unspecified atom stereocenters. The number of nitrogens with zero attached hydrogens (tertiary/aromatic N) is 2. The lowest BCUT2D eigenvalue weighted by molar-refractivity contribution is -0.140. The summed E-state index contributed by atoms with van der Waals surface area (Å²) in [4.78, 5) is 29.6. The van der Waals surface area contributed by atoms with E-state index in [4.69, 9.17) is 0 Å². The van der Waals surface area contributed by atoms with Crippen LogP contribution in [0.1, 0.15) is 31.9 Å². The van der Waals surface area contributed by atoms with Gasteiger partial charge in [0.15, 0.2) is 0 Å². The molecule has 0 bridgehead atoms. The van der Waals surface area contributed by atoms with Crippen LogP contribution >= 0.6 is 0 Å². The van der Waals surface area contributed by atoms with E-state index in [1.54, 1.807) is 60.7 Å². The Balaban J connectivity index is 1.79. The van der Waals surface area contributed by atoms with Crippen molar-refractivity contribution in [3.05, 3.63) is 132 Å². The molecule has 0 radical (unpaired) electrons. The van der Waals surface area contributed by atoms with Gasteiger partial charge in [0.2, 0.25) is 11.8 Å². The number of nitrogens with one attached hydrogen (secondary N) is 1. The Morgan fingerprint density at radius 3 is 1.86 bits per heavy atom. The second-order valence-electron chi connectivity index (χ2n) is 11.3. The van der Waals surface area contributed by atoms with Crippen LogP contribution < -0.4 is 9.62 Å². The zero-order valence-corrected chi connectivity index (χ0v) is 25.3. The van der Waals surface area contributed by atoms with Crippen LogP contribution in [0.3, 0.4) is 0 Å². The normalized spacial score (nSPS) is 12.3. The smallest absolute Gasteiger partial charge is 0.264 e. The van der Waals surface area contributed by atoms with Crippen molar-refractivity contribution >= 4 is 27.5 Å². The third-order valence-corrected chi connectivity index (χ3v) is 8.48. The fourth-order valence-electron chi connectivity index (χ4n) is 4.64. The summed E-state index contributed by atoms with van der Waals surface area (Å²) in [6.45, 7) is 4.94. The van der Waals surface area contributed by atoms with E-state index >= 15 is 0 Å². The molecule has 43 heavy (non-hydrogen) atoms. The maximum absolute atomic E-state index is 14.3. The number of hydrogen-bond acceptors (Lipinski definition) is 4. The van der Waals surface area contributed by atoms with E-state index in [1.165, 1.54) is 29.2 Å². The SMILES string of the molecule is CC(C)(C)NC(=O)[C@H](Cc1ccccc1)N(Cc1ccc(F)cc1)C(=O)CN(c1ccccc1)S(=O)(=O)c1ccccc1. The Hall–Kier alpha value is -4.50. The average molecular weight is 602 g/mol. The molecule has 4 rings (SSSR count). The third-order valence-electron chi connectivity index (χ3n) is 6.69. The molecule has 0 fully saturated rings. The molecule has 1 N–H and O–H groups in total. The van der Waals surface area contributed by atoms with Crippen LogP contribution in [0.25, 0.3) is 0 Å². The summed E-state index contributed by atoms with van der Waals surface area (Å²) in [5.41, 5.74) is 1.13. The van der Waals surface area contributed by atoms with Gasteiger partial charge in [0.05, 0.1) is 10.6 Å². The second kappa shape index (κ2) is 13.6. The van der Waals surface area contributed by atoms with E-state index in [1.807, 2.05) is 51.1 Å². The van der Waals surface area contributed by atoms with Gasteiger partial charge >= 0.3 is 0 Å². The largest absolute Gasteiger partial charge is 0.350 e. The van der Waals surface area contributed by atoms with Gasteiger partial charge in [-0.2, -0.15) is 0 Å². The van der Waals surface area contributed by atoms with Crippen LogP contribution in [0.15, 0.2) is 120 Å². The summed E-state index contributed by atoms with van der Waals surface area (Å²) in [6.07, 6.45) is 0.187. The molecular weight excluding hydrogens is 565 g/mol. The van der Waals surface area contributed by atoms with Crippen molar-refractivity contribution in [2.24, 2.45) is 0 Å². The van der Waals surface area contributed by atoms with Gasteiger partial charge in [-0.3, -0.25) is 13.9 Å². The number of amides is 2. The van der Waals surface area contributed by atoms with Gasteiger partial charge in [-0.25, -0.2) is 12.8 Å². The van der Waals surface area contributed by atoms with E-state index in [-0.39, 0.29) is 23.8 Å². The first kappa shape index (κ1) is 31.4. The molecule has 0 aliphatic rings. The highest BCUT2D eigenvalue weighted by Crippen LogP contribution is 2.25. The van der Waals surface area contributed by atoms with Crippen LogP contribution in [-0.4, -0.2) is 43.3 Å². The second-order valence-corrected chi connectivity index (χ2v) is 13.1. The summed E-state index contributed by atoms with van der Waals surface area (Å²) < 4.78 is 42.6. The lowest BCUT2D eigenvalue weighted by Crippen LogP contribution is -2.56. The molecule has 1 atom stereocenters. The van der Waals surface area contributed by atoms with Crippen molar-refractivity contribution in [2.75, 3.05) is 10.8 Å².